The summed E-state index contributed by atoms with van der Waals surface area (Å²) in [6, 6.07) is 5.95. The molecule has 0 spiro atoms. The summed E-state index contributed by atoms with van der Waals surface area (Å²) in [5.74, 6) is 0.870. The van der Waals surface area contributed by atoms with Gasteiger partial charge >= 0.3 is 0 Å². The van der Waals surface area contributed by atoms with Gasteiger partial charge in [0.05, 0.1) is 12.7 Å². The average Bonchev–Trinajstić information content (AvgIpc) is 2.43. The Bertz CT molecular complexity index is 435. The molecule has 120 valence electrons. The lowest BCUT2D eigenvalue weighted by Gasteiger charge is -2.35. The molecular formula is C17H28ClNO2. The lowest BCUT2D eigenvalue weighted by atomic mass is 9.91. The molecule has 1 N–H and O–H groups in total. The van der Waals surface area contributed by atoms with E-state index in [9.17, 15) is 0 Å². The number of methoxy groups -OCH3 is 1. The molecule has 0 bridgehead atoms. The van der Waals surface area contributed by atoms with Gasteiger partial charge in [-0.1, -0.05) is 18.5 Å². The Morgan fingerprint density at radius 1 is 1.29 bits per heavy atom. The van der Waals surface area contributed by atoms with Crippen LogP contribution in [-0.2, 0) is 11.2 Å². The number of halogens is 1. The van der Waals surface area contributed by atoms with Crippen LogP contribution in [0, 0.1) is 0 Å². The molecule has 1 aromatic carbocycles. The average molecular weight is 314 g/mol. The van der Waals surface area contributed by atoms with Crippen molar-refractivity contribution in [3.8, 4) is 5.75 Å². The van der Waals surface area contributed by atoms with E-state index in [0.29, 0.717) is 6.61 Å². The number of benzene rings is 1. The maximum atomic E-state index is 6.13. The molecule has 0 fully saturated rings. The predicted molar refractivity (Wildman–Crippen MR) is 89.5 cm³/mol. The van der Waals surface area contributed by atoms with Crippen LogP contribution in [0.25, 0.3) is 0 Å². The monoisotopic (exact) mass is 313 g/mol. The van der Waals surface area contributed by atoms with Crippen molar-refractivity contribution < 1.29 is 9.47 Å². The summed E-state index contributed by atoms with van der Waals surface area (Å²) in [7, 11) is 1.69. The van der Waals surface area contributed by atoms with Crippen molar-refractivity contribution in [3.05, 3.63) is 28.8 Å². The van der Waals surface area contributed by atoms with E-state index in [4.69, 9.17) is 21.1 Å². The van der Waals surface area contributed by atoms with Crippen molar-refractivity contribution in [2.45, 2.75) is 52.2 Å². The number of ether oxygens (including phenoxy) is 2. The van der Waals surface area contributed by atoms with Crippen LogP contribution >= 0.6 is 11.6 Å². The number of hydrogen-bond acceptors (Lipinski definition) is 3. The van der Waals surface area contributed by atoms with Crippen LogP contribution in [-0.4, -0.2) is 31.9 Å². The third kappa shape index (κ3) is 5.50. The minimum absolute atomic E-state index is 0.199. The molecule has 1 aromatic rings. The van der Waals surface area contributed by atoms with Crippen molar-refractivity contribution in [2.75, 3.05) is 20.3 Å². The Hall–Kier alpha value is -0.770. The lowest BCUT2D eigenvalue weighted by Crippen LogP contribution is -2.50. The topological polar surface area (TPSA) is 30.5 Å². The van der Waals surface area contributed by atoms with Gasteiger partial charge in [-0.15, -0.1) is 0 Å². The van der Waals surface area contributed by atoms with Crippen molar-refractivity contribution in [2.24, 2.45) is 0 Å². The first-order chi connectivity index (χ1) is 9.94. The van der Waals surface area contributed by atoms with Crippen LogP contribution in [0.3, 0.4) is 0 Å². The summed E-state index contributed by atoms with van der Waals surface area (Å²) in [6.45, 7) is 10.1. The molecule has 4 heteroatoms. The van der Waals surface area contributed by atoms with Gasteiger partial charge in [0.1, 0.15) is 5.75 Å². The molecule has 0 aliphatic heterocycles. The van der Waals surface area contributed by atoms with Gasteiger partial charge in [-0.2, -0.15) is 0 Å². The third-order valence-corrected chi connectivity index (χ3v) is 3.90. The van der Waals surface area contributed by atoms with Crippen LogP contribution in [0.5, 0.6) is 5.75 Å². The van der Waals surface area contributed by atoms with Gasteiger partial charge in [-0.05, 0) is 63.9 Å². The molecule has 1 atom stereocenters. The quantitative estimate of drug-likeness (QED) is 0.745. The first kappa shape index (κ1) is 18.3. The fourth-order valence-corrected chi connectivity index (χ4v) is 2.68. The van der Waals surface area contributed by atoms with Crippen LogP contribution in [0.15, 0.2) is 18.2 Å². The fourth-order valence-electron chi connectivity index (χ4n) is 2.48. The number of hydrogen-bond donors (Lipinski definition) is 1. The van der Waals surface area contributed by atoms with E-state index in [1.807, 2.05) is 25.1 Å². The Morgan fingerprint density at radius 2 is 2.00 bits per heavy atom. The van der Waals surface area contributed by atoms with Gasteiger partial charge in [-0.3, -0.25) is 0 Å². The Morgan fingerprint density at radius 3 is 2.57 bits per heavy atom. The Balaban J connectivity index is 2.97. The third-order valence-electron chi connectivity index (χ3n) is 3.66. The second kappa shape index (κ2) is 8.62. The maximum absolute atomic E-state index is 6.13. The van der Waals surface area contributed by atoms with Crippen molar-refractivity contribution in [3.63, 3.8) is 0 Å². The first-order valence-electron chi connectivity index (χ1n) is 7.64. The first-order valence-corrected chi connectivity index (χ1v) is 8.02. The lowest BCUT2D eigenvalue weighted by molar-refractivity contribution is -0.0380. The van der Waals surface area contributed by atoms with Crippen molar-refractivity contribution >= 4 is 11.6 Å². The zero-order valence-electron chi connectivity index (χ0n) is 13.8. The van der Waals surface area contributed by atoms with Crippen LogP contribution in [0.2, 0.25) is 5.02 Å². The molecule has 21 heavy (non-hydrogen) atoms. The molecular weight excluding hydrogens is 286 g/mol. The summed E-state index contributed by atoms with van der Waals surface area (Å²) < 4.78 is 11.4. The molecule has 0 amide bonds. The number of rotatable bonds is 9. The Labute approximate surface area is 134 Å². The Kier molecular flexibility index (Phi) is 7.50. The van der Waals surface area contributed by atoms with E-state index in [1.54, 1.807) is 7.11 Å². The summed E-state index contributed by atoms with van der Waals surface area (Å²) >= 11 is 6.13. The fraction of sp³-hybridized carbons (Fsp3) is 0.647. The molecule has 3 nitrogen and oxygen atoms in total. The van der Waals surface area contributed by atoms with Gasteiger partial charge in [0.25, 0.3) is 0 Å². The largest absolute Gasteiger partial charge is 0.496 e. The maximum Gasteiger partial charge on any atom is 0.122 e. The van der Waals surface area contributed by atoms with E-state index in [1.165, 1.54) is 0 Å². The summed E-state index contributed by atoms with van der Waals surface area (Å²) in [5, 5.41) is 4.32. The highest BCUT2D eigenvalue weighted by molar-refractivity contribution is 6.30. The summed E-state index contributed by atoms with van der Waals surface area (Å²) in [6.07, 6.45) is 1.90. The highest BCUT2D eigenvalue weighted by Gasteiger charge is 2.30. The molecule has 0 saturated carbocycles. The zero-order valence-corrected chi connectivity index (χ0v) is 14.6. The molecule has 0 saturated heterocycles. The van der Waals surface area contributed by atoms with Gasteiger partial charge in [0.2, 0.25) is 0 Å². The van der Waals surface area contributed by atoms with Crippen LogP contribution < -0.4 is 10.1 Å². The molecule has 1 unspecified atom stereocenters. The van der Waals surface area contributed by atoms with E-state index in [-0.39, 0.29) is 11.6 Å². The highest BCUT2D eigenvalue weighted by atomic mass is 35.5. The summed E-state index contributed by atoms with van der Waals surface area (Å²) in [4.78, 5) is 0. The standard InChI is InChI=1S/C17H28ClNO2/c1-6-10-19-16(17(3,4)21-7-2)12-13-11-14(18)8-9-15(13)20-5/h8-9,11,16,19H,6-7,10,12H2,1-5H3. The SMILES string of the molecule is CCCNC(Cc1cc(Cl)ccc1OC)C(C)(C)OCC. The number of nitrogens with one attached hydrogen (secondary N) is 1. The van der Waals surface area contributed by atoms with Gasteiger partial charge in [-0.25, -0.2) is 0 Å². The van der Waals surface area contributed by atoms with Crippen LogP contribution in [0.1, 0.15) is 39.7 Å². The molecule has 0 radical (unpaired) electrons. The van der Waals surface area contributed by atoms with Gasteiger partial charge in [0.15, 0.2) is 0 Å². The highest BCUT2D eigenvalue weighted by Crippen LogP contribution is 2.27. The second-order valence-corrected chi connectivity index (χ2v) is 6.14. The van der Waals surface area contributed by atoms with Crippen LogP contribution in [0.4, 0.5) is 0 Å². The molecule has 0 aliphatic rings. The normalized spacial score (nSPS) is 13.2. The molecule has 0 aliphatic carbocycles. The second-order valence-electron chi connectivity index (χ2n) is 5.70. The predicted octanol–water partition coefficient (Wildman–Crippen LogP) is 4.07. The summed E-state index contributed by atoms with van der Waals surface area (Å²) in [5.41, 5.74) is 0.850. The minimum atomic E-state index is -0.253. The smallest absolute Gasteiger partial charge is 0.122 e. The van der Waals surface area contributed by atoms with E-state index in [2.05, 4.69) is 26.1 Å². The van der Waals surface area contributed by atoms with E-state index < -0.39 is 0 Å². The van der Waals surface area contributed by atoms with E-state index in [0.717, 1.165) is 35.7 Å². The molecule has 0 heterocycles. The van der Waals surface area contributed by atoms with Gasteiger partial charge < -0.3 is 14.8 Å². The molecule has 1 rings (SSSR count). The van der Waals surface area contributed by atoms with Crippen molar-refractivity contribution in [1.29, 1.82) is 0 Å². The van der Waals surface area contributed by atoms with E-state index >= 15 is 0 Å². The zero-order chi connectivity index (χ0) is 15.9. The minimum Gasteiger partial charge on any atom is -0.496 e. The van der Waals surface area contributed by atoms with Crippen molar-refractivity contribution in [1.82, 2.24) is 5.32 Å². The molecule has 0 aromatic heterocycles. The van der Waals surface area contributed by atoms with Gasteiger partial charge in [0, 0.05) is 17.7 Å².